The van der Waals surface area contributed by atoms with E-state index in [9.17, 15) is 28.8 Å². The summed E-state index contributed by atoms with van der Waals surface area (Å²) in [4.78, 5) is 100. The molecular formula is C85H100BrCl8I3N28O11Si2. The number of nitrogens with one attached hydrogen (secondary N) is 3. The number of nitrogens with two attached hydrogens (primary N) is 1. The maximum absolute atomic E-state index is 12.4. The molecule has 15 aromatic rings. The predicted molar refractivity (Wildman–Crippen MR) is 576 cm³/mol. The second-order valence-electron chi connectivity index (χ2n) is 33.2. The van der Waals surface area contributed by atoms with Crippen LogP contribution in [-0.4, -0.2) is 220 Å². The number of rotatable bonds is 7. The number of carbonyl (C=O) groups is 5. The largest absolute Gasteiger partial charge is 0.493 e. The normalized spacial score (nSPS) is 10.9. The van der Waals surface area contributed by atoms with Crippen molar-refractivity contribution in [2.24, 2.45) is 0 Å². The van der Waals surface area contributed by atoms with Gasteiger partial charge in [-0.25, -0.2) is 53.3 Å². The highest BCUT2D eigenvalue weighted by Gasteiger charge is 2.28. The van der Waals surface area contributed by atoms with Gasteiger partial charge in [0, 0.05) is 81.5 Å². The molecule has 0 aliphatic heterocycles. The van der Waals surface area contributed by atoms with Crippen LogP contribution in [0.5, 0.6) is 5.88 Å². The van der Waals surface area contributed by atoms with Crippen molar-refractivity contribution in [3.05, 3.63) is 184 Å². The van der Waals surface area contributed by atoms with Gasteiger partial charge in [-0.3, -0.25) is 34.2 Å². The summed E-state index contributed by atoms with van der Waals surface area (Å²) >= 11 is 56.6. The Balaban J connectivity index is 0.000000276. The molecule has 0 bridgehead atoms. The van der Waals surface area contributed by atoms with Crippen LogP contribution in [0.25, 0.3) is 39.5 Å². The summed E-state index contributed by atoms with van der Waals surface area (Å²) in [6.45, 7) is 36.7. The Labute approximate surface area is 886 Å². The summed E-state index contributed by atoms with van der Waals surface area (Å²) < 4.78 is 33.9. The minimum Gasteiger partial charge on any atom is -0.493 e. The molecule has 0 saturated carbocycles. The molecule has 39 nitrogen and oxygen atoms in total. The maximum atomic E-state index is 12.4. The third-order valence-corrected chi connectivity index (χ3v) is 21.0. The monoisotopic (exact) mass is 2480 g/mol. The number of Topliss-reactive ketones (excluding diaryl/α,β-unsaturated/α-hetero) is 1. The third-order valence-electron chi connectivity index (χ3n) is 15.3. The van der Waals surface area contributed by atoms with Gasteiger partial charge in [-0.2, -0.15) is 63.4 Å². The SMILES string of the molecule is C#C[Si](C)(C)C.C#Cc1cnn2c(N(C)C(=O)OC(C)(C)C)cc(Cl)nc12.CC(C)Br.CCOC(=O)CC(C)=O.CN(C(=O)OC(C)(C)C)c1cc(Cl)nc2c(C#C[Si](C)(C)C)cnn12.CN(C(=O)OC(C)(C)C)c1cc(Cl)nc2c(I)cnn12.CNc1cc(Cl)nc2c(I)cnn12.Clc1cc(Cl)n2ncc(I)c2n1.Clc1cc(Cl)n2nccc2n1.Nc1ccn[nH]1.O=c1cc(O)n2nccc2[nH]1. The van der Waals surface area contributed by atoms with Crippen molar-refractivity contribution in [1.82, 2.24) is 112 Å². The number of ether oxygens (including phenoxy) is 4. The number of aromatic amines is 2. The first-order valence-corrected chi connectivity index (χ1v) is 54.6. The van der Waals surface area contributed by atoms with Crippen LogP contribution in [0.15, 0.2) is 115 Å². The van der Waals surface area contributed by atoms with Gasteiger partial charge in [0.2, 0.25) is 5.88 Å². The van der Waals surface area contributed by atoms with Gasteiger partial charge in [0.15, 0.2) is 33.9 Å². The van der Waals surface area contributed by atoms with Crippen LogP contribution in [0.1, 0.15) is 108 Å². The van der Waals surface area contributed by atoms with Crippen molar-refractivity contribution in [2.75, 3.05) is 60.5 Å². The van der Waals surface area contributed by atoms with Crippen molar-refractivity contribution >= 4 is 291 Å². The van der Waals surface area contributed by atoms with E-state index in [0.717, 1.165) is 28.2 Å². The molecule has 0 radical (unpaired) electrons. The average Bonchev–Trinajstić information content (AvgIpc) is 1.62. The number of fused-ring (bicyclic) bond motifs is 7. The summed E-state index contributed by atoms with van der Waals surface area (Å²) in [5.41, 5.74) is 14.4. The van der Waals surface area contributed by atoms with Gasteiger partial charge in [0.25, 0.3) is 5.56 Å². The number of aromatic hydroxyl groups is 1. The van der Waals surface area contributed by atoms with Gasteiger partial charge in [-0.1, -0.05) is 174 Å². The Morgan fingerprint density at radius 1 is 0.543 bits per heavy atom. The number of hydrogen-bond donors (Lipinski definition) is 5. The second-order valence-corrected chi connectivity index (χ2v) is 51.1. The zero-order chi connectivity index (χ0) is 104. The lowest BCUT2D eigenvalue weighted by Crippen LogP contribution is -2.35. The average molecular weight is 2490 g/mol. The Hall–Kier alpha value is -10.2. The molecule has 0 aliphatic rings. The molecule has 15 aromatic heterocycles. The van der Waals surface area contributed by atoms with Crippen LogP contribution in [-0.2, 0) is 28.5 Å². The lowest BCUT2D eigenvalue weighted by atomic mass is 10.2. The summed E-state index contributed by atoms with van der Waals surface area (Å²) in [6.07, 6.45) is 21.8. The van der Waals surface area contributed by atoms with Crippen LogP contribution in [0, 0.1) is 46.5 Å². The van der Waals surface area contributed by atoms with Gasteiger partial charge in [0.1, 0.15) is 121 Å². The fraction of sp³-hybridized carbons (Fsp3) is 0.341. The Bertz CT molecular complexity index is 6940. The summed E-state index contributed by atoms with van der Waals surface area (Å²) in [6, 6.07) is 15.6. The number of ketones is 1. The molecule has 138 heavy (non-hydrogen) atoms. The molecule has 0 fully saturated rings. The number of nitrogens with zero attached hydrogens (tertiary/aromatic N) is 24. The van der Waals surface area contributed by atoms with Crippen molar-refractivity contribution in [1.29, 1.82) is 0 Å². The van der Waals surface area contributed by atoms with Gasteiger partial charge in [-0.15, -0.1) is 23.9 Å². The third kappa shape index (κ3) is 38.8. The van der Waals surface area contributed by atoms with Gasteiger partial charge >= 0.3 is 24.2 Å². The van der Waals surface area contributed by atoms with E-state index in [1.165, 1.54) is 58.1 Å². The maximum Gasteiger partial charge on any atom is 0.415 e. The molecular weight excluding hydrogens is 2390 g/mol. The number of amides is 3. The van der Waals surface area contributed by atoms with E-state index in [0.29, 0.717) is 111 Å². The highest BCUT2D eigenvalue weighted by molar-refractivity contribution is 14.1. The highest BCUT2D eigenvalue weighted by atomic mass is 127. The number of nitrogen functional groups attached to an aromatic ring is 1. The zero-order valence-electron chi connectivity index (χ0n) is 78.9. The molecule has 3 amide bonds. The van der Waals surface area contributed by atoms with Crippen LogP contribution in [0.2, 0.25) is 80.5 Å². The number of H-pyrrole nitrogens is 2. The molecule has 0 spiro atoms. The van der Waals surface area contributed by atoms with Gasteiger partial charge in [-0.05, 0) is 150 Å². The highest BCUT2D eigenvalue weighted by Crippen LogP contribution is 2.29. The zero-order valence-corrected chi connectivity index (χ0v) is 95.0. The molecule has 53 heteroatoms. The molecule has 6 N–H and O–H groups in total. The molecule has 738 valence electrons. The van der Waals surface area contributed by atoms with Crippen molar-refractivity contribution in [2.45, 2.75) is 157 Å². The van der Waals surface area contributed by atoms with E-state index in [1.807, 2.05) is 48.6 Å². The topological polar surface area (TPSA) is 450 Å². The van der Waals surface area contributed by atoms with E-state index < -0.39 is 57.2 Å². The number of halogens is 12. The second kappa shape index (κ2) is 53.4. The van der Waals surface area contributed by atoms with Gasteiger partial charge in [0.05, 0.1) is 84.1 Å². The van der Waals surface area contributed by atoms with Crippen LogP contribution < -0.4 is 31.3 Å². The number of anilines is 5. The van der Waals surface area contributed by atoms with Crippen LogP contribution in [0.3, 0.4) is 0 Å². The number of terminal acetylenes is 2. The van der Waals surface area contributed by atoms with Crippen LogP contribution >= 0.6 is 177 Å². The smallest absolute Gasteiger partial charge is 0.415 e. The predicted octanol–water partition coefficient (Wildman–Crippen LogP) is 20.3. The summed E-state index contributed by atoms with van der Waals surface area (Å²) in [5.74, 6) is 7.67. The van der Waals surface area contributed by atoms with E-state index in [-0.39, 0.29) is 33.9 Å². The Morgan fingerprint density at radius 3 is 1.33 bits per heavy atom. The quantitative estimate of drug-likeness (QED) is 0.0145. The van der Waals surface area contributed by atoms with E-state index in [2.05, 4.69) is 251 Å². The first-order valence-electron chi connectivity index (χ1n) is 40.4. The minimum absolute atomic E-state index is 0.103. The number of aromatic nitrogens is 23. The fourth-order valence-corrected chi connectivity index (χ4v) is 13.2. The van der Waals surface area contributed by atoms with Crippen molar-refractivity contribution in [3.63, 3.8) is 0 Å². The molecule has 0 unspecified atom stereocenters. The van der Waals surface area contributed by atoms with Crippen molar-refractivity contribution < 1.29 is 48.0 Å². The van der Waals surface area contributed by atoms with Crippen molar-refractivity contribution in [3.8, 4) is 41.7 Å². The molecule has 15 heterocycles. The molecule has 0 atom stereocenters. The first-order chi connectivity index (χ1) is 64.1. The standard InChI is InChI=1S/C17H23ClN4O2Si.C14H15ClN4O2.C12H14ClIN4O2.C7H6ClIN4.C6H2Cl2IN3.C6H3Cl2N3.C6H5N3O2.C6H10O3.C5H10Si.C3H7Br.C3H5N3/c1-17(2,3)24-16(23)21(4)14-10-13(18)20-15-12(11-19-22(14)15)8-9-25(5,6)7;1-6-9-8-16-19-11(7-10(15)17-12(9)19)18(5)13(20)21-14(2,3)4;1-12(2,3)20-11(19)17(4)9-5-8(13)16-10-7(14)6-15-18(9)10;1-10-6-2-5(8)12-7-4(9)3-11-13(6)7;7-4-1-5(8)12-6(11-4)3(9)2-10-12;7-4-3-5(8)11-6(10-4)1-2-9-11;10-5-3-6(11)9-4(8-5)1-2-7-9;1-3-9-6(8)4-5(2)7;1-5-6(2,3)4;1-3(2)4;4-3-1-2-5-6-3/h10-11H,1-7H3;1,7-8H,2-5H3;5-6H,1-4H3;2-3,10H,1H3;1-2H;1-3H;1-3,11H,(H,8,10);3-4H2,1-2H3;1H,2-4H3;3H,1-2H3;1-2H,(H3,4,5,6). The Morgan fingerprint density at radius 2 is 0.920 bits per heavy atom. The molecule has 0 aliphatic carbocycles. The van der Waals surface area contributed by atoms with E-state index in [1.54, 1.807) is 148 Å². The Kier molecular flexibility index (Phi) is 45.8. The fourth-order valence-electron chi connectivity index (χ4n) is 9.57. The lowest BCUT2D eigenvalue weighted by molar-refractivity contribution is -0.145. The van der Waals surface area contributed by atoms with Gasteiger partial charge < -0.3 is 40.1 Å². The van der Waals surface area contributed by atoms with E-state index in [4.69, 9.17) is 131 Å². The lowest BCUT2D eigenvalue weighted by Gasteiger charge is -2.24. The molecule has 0 saturated heterocycles. The first kappa shape index (κ1) is 118. The number of hydrogen-bond acceptors (Lipinski definition) is 27. The molecule has 15 rings (SSSR count). The molecule has 0 aromatic carbocycles. The van der Waals surface area contributed by atoms with E-state index >= 15 is 0 Å². The number of esters is 1. The minimum atomic E-state index is -1.54. The summed E-state index contributed by atoms with van der Waals surface area (Å²) in [5, 5.41) is 49.6. The number of carbonyl (C=O) groups excluding carboxylic acids is 5. The number of alkyl halides is 1. The summed E-state index contributed by atoms with van der Waals surface area (Å²) in [7, 11) is 3.95. The van der Waals surface area contributed by atoms with Crippen LogP contribution in [0.4, 0.5) is 43.5 Å².